The van der Waals surface area contributed by atoms with Crippen molar-refractivity contribution in [2.24, 2.45) is 0 Å². The van der Waals surface area contributed by atoms with Crippen molar-refractivity contribution in [1.82, 2.24) is 0 Å². The van der Waals surface area contributed by atoms with Crippen molar-refractivity contribution in [1.29, 1.82) is 0 Å². The molecule has 0 aliphatic rings. The lowest BCUT2D eigenvalue weighted by atomic mass is 10.1. The van der Waals surface area contributed by atoms with Crippen molar-refractivity contribution >= 4 is 27.6 Å². The van der Waals surface area contributed by atoms with E-state index in [4.69, 9.17) is 9.52 Å². The molecule has 19 heavy (non-hydrogen) atoms. The lowest BCUT2D eigenvalue weighted by molar-refractivity contribution is 0.0698. The fourth-order valence-corrected chi connectivity index (χ4v) is 2.17. The second kappa shape index (κ2) is 5.48. The number of benzene rings is 1. The molecule has 0 radical (unpaired) electrons. The maximum Gasteiger partial charge on any atom is 0.337 e. The van der Waals surface area contributed by atoms with Crippen LogP contribution in [0.15, 0.2) is 39.2 Å². The second-order valence-electron chi connectivity index (χ2n) is 4.31. The summed E-state index contributed by atoms with van der Waals surface area (Å²) >= 11 is 3.34. The van der Waals surface area contributed by atoms with Crippen LogP contribution in [0.4, 0.5) is 5.69 Å². The number of aromatic carboxylic acids is 1. The smallest absolute Gasteiger partial charge is 0.337 e. The average molecular weight is 324 g/mol. The van der Waals surface area contributed by atoms with Gasteiger partial charge in [-0.1, -0.05) is 15.9 Å². The number of anilines is 1. The third-order valence-electron chi connectivity index (χ3n) is 2.77. The summed E-state index contributed by atoms with van der Waals surface area (Å²) in [6.45, 7) is 3.79. The highest BCUT2D eigenvalue weighted by Gasteiger charge is 2.15. The molecular formula is C14H14BrNO3. The number of nitrogens with one attached hydrogen (secondary N) is 1. The van der Waals surface area contributed by atoms with E-state index in [-0.39, 0.29) is 11.6 Å². The van der Waals surface area contributed by atoms with E-state index < -0.39 is 5.97 Å². The molecule has 1 heterocycles. The first-order valence-electron chi connectivity index (χ1n) is 5.83. The fraction of sp³-hybridized carbons (Fsp3) is 0.214. The molecule has 0 aliphatic carbocycles. The Kier molecular flexibility index (Phi) is 3.95. The van der Waals surface area contributed by atoms with Crippen molar-refractivity contribution in [2.45, 2.75) is 19.9 Å². The van der Waals surface area contributed by atoms with Gasteiger partial charge in [0.2, 0.25) is 0 Å². The van der Waals surface area contributed by atoms with Crippen molar-refractivity contribution < 1.29 is 14.3 Å². The van der Waals surface area contributed by atoms with Crippen LogP contribution in [0.25, 0.3) is 0 Å². The van der Waals surface area contributed by atoms with E-state index >= 15 is 0 Å². The van der Waals surface area contributed by atoms with Crippen LogP contribution in [0.5, 0.6) is 0 Å². The van der Waals surface area contributed by atoms with Gasteiger partial charge in [0.15, 0.2) is 0 Å². The first-order chi connectivity index (χ1) is 8.97. The van der Waals surface area contributed by atoms with Crippen molar-refractivity contribution in [3.63, 3.8) is 0 Å². The van der Waals surface area contributed by atoms with E-state index in [1.165, 1.54) is 0 Å². The zero-order chi connectivity index (χ0) is 14.0. The number of hydrogen-bond donors (Lipinski definition) is 2. The molecule has 0 amide bonds. The van der Waals surface area contributed by atoms with Gasteiger partial charge in [0.05, 0.1) is 17.3 Å². The summed E-state index contributed by atoms with van der Waals surface area (Å²) in [7, 11) is 0. The van der Waals surface area contributed by atoms with E-state index in [0.717, 1.165) is 16.0 Å². The Morgan fingerprint density at radius 3 is 2.68 bits per heavy atom. The van der Waals surface area contributed by atoms with E-state index in [2.05, 4.69) is 21.2 Å². The summed E-state index contributed by atoms with van der Waals surface area (Å²) in [5.41, 5.74) is 0.793. The minimum absolute atomic E-state index is 0.110. The van der Waals surface area contributed by atoms with Crippen LogP contribution in [-0.4, -0.2) is 11.1 Å². The molecule has 1 aromatic heterocycles. The molecule has 0 bridgehead atoms. The minimum Gasteiger partial charge on any atom is -0.478 e. The maximum absolute atomic E-state index is 11.2. The normalized spacial score (nSPS) is 12.2. The zero-order valence-corrected chi connectivity index (χ0v) is 12.2. The van der Waals surface area contributed by atoms with Crippen LogP contribution >= 0.6 is 15.9 Å². The summed E-state index contributed by atoms with van der Waals surface area (Å²) in [6, 6.07) is 8.67. The van der Waals surface area contributed by atoms with E-state index in [0.29, 0.717) is 5.69 Å². The Balaban J connectivity index is 2.27. The molecule has 0 spiro atoms. The van der Waals surface area contributed by atoms with Crippen LogP contribution in [0.1, 0.15) is 34.8 Å². The summed E-state index contributed by atoms with van der Waals surface area (Å²) in [4.78, 5) is 11.2. The van der Waals surface area contributed by atoms with Gasteiger partial charge in [-0.05, 0) is 44.2 Å². The number of halogens is 1. The molecule has 1 unspecified atom stereocenters. The highest BCUT2D eigenvalue weighted by molar-refractivity contribution is 9.10. The van der Waals surface area contributed by atoms with Gasteiger partial charge in [0.1, 0.15) is 11.5 Å². The molecule has 0 saturated heterocycles. The van der Waals surface area contributed by atoms with Gasteiger partial charge in [-0.2, -0.15) is 0 Å². The molecule has 0 aliphatic heterocycles. The number of furan rings is 1. The zero-order valence-electron chi connectivity index (χ0n) is 10.6. The van der Waals surface area contributed by atoms with Gasteiger partial charge in [-0.15, -0.1) is 0 Å². The van der Waals surface area contributed by atoms with Gasteiger partial charge < -0.3 is 14.8 Å². The number of carboxylic acid groups (broad SMARTS) is 1. The lowest BCUT2D eigenvalue weighted by Gasteiger charge is -2.15. The van der Waals surface area contributed by atoms with Gasteiger partial charge in [0.25, 0.3) is 0 Å². The first kappa shape index (κ1) is 13.7. The van der Waals surface area contributed by atoms with Gasteiger partial charge in [0, 0.05) is 4.47 Å². The van der Waals surface area contributed by atoms with Crippen LogP contribution in [0.3, 0.4) is 0 Å². The first-order valence-corrected chi connectivity index (χ1v) is 6.62. The molecule has 4 nitrogen and oxygen atoms in total. The molecule has 0 fully saturated rings. The molecular weight excluding hydrogens is 310 g/mol. The Hall–Kier alpha value is -1.75. The number of hydrogen-bond acceptors (Lipinski definition) is 3. The summed E-state index contributed by atoms with van der Waals surface area (Å²) in [6.07, 6.45) is 0. The monoisotopic (exact) mass is 323 g/mol. The molecule has 100 valence electrons. The van der Waals surface area contributed by atoms with Crippen molar-refractivity contribution in [3.8, 4) is 0 Å². The summed E-state index contributed by atoms with van der Waals surface area (Å²) in [5, 5.41) is 12.3. The number of rotatable bonds is 4. The van der Waals surface area contributed by atoms with E-state index in [9.17, 15) is 4.79 Å². The van der Waals surface area contributed by atoms with Crippen molar-refractivity contribution in [3.05, 3.63) is 51.9 Å². The number of carboxylic acids is 1. The predicted octanol–water partition coefficient (Wildman–Crippen LogP) is 4.22. The largest absolute Gasteiger partial charge is 0.478 e. The molecule has 2 aromatic rings. The summed E-state index contributed by atoms with van der Waals surface area (Å²) < 4.78 is 6.35. The van der Waals surface area contributed by atoms with Crippen LogP contribution in [0, 0.1) is 6.92 Å². The maximum atomic E-state index is 11.2. The van der Waals surface area contributed by atoms with Gasteiger partial charge in [-0.3, -0.25) is 0 Å². The third-order valence-corrected chi connectivity index (χ3v) is 3.27. The van der Waals surface area contributed by atoms with Crippen molar-refractivity contribution in [2.75, 3.05) is 5.32 Å². The number of aryl methyl sites for hydroxylation is 1. The highest BCUT2D eigenvalue weighted by atomic mass is 79.9. The second-order valence-corrected chi connectivity index (χ2v) is 5.23. The fourth-order valence-electron chi connectivity index (χ4n) is 1.81. The van der Waals surface area contributed by atoms with Gasteiger partial charge in [-0.25, -0.2) is 4.79 Å². The topological polar surface area (TPSA) is 62.5 Å². The highest BCUT2D eigenvalue weighted by Crippen LogP contribution is 2.26. The molecule has 1 aromatic carbocycles. The molecule has 0 saturated carbocycles. The lowest BCUT2D eigenvalue weighted by Crippen LogP contribution is -2.10. The third kappa shape index (κ3) is 3.17. The summed E-state index contributed by atoms with van der Waals surface area (Å²) in [5.74, 6) is 0.642. The Labute approximate surface area is 119 Å². The molecule has 5 heteroatoms. The SMILES string of the molecule is Cc1ccc(C(C)Nc2cc(Br)ccc2C(=O)O)o1. The Morgan fingerprint density at radius 2 is 2.11 bits per heavy atom. The molecule has 1 atom stereocenters. The standard InChI is InChI=1S/C14H14BrNO3/c1-8-3-6-13(19-8)9(2)16-12-7-10(15)4-5-11(12)14(17)18/h3-7,9,16H,1-2H3,(H,17,18). The van der Waals surface area contributed by atoms with Crippen LogP contribution < -0.4 is 5.32 Å². The average Bonchev–Trinajstić information content (AvgIpc) is 2.75. The quantitative estimate of drug-likeness (QED) is 0.884. The van der Waals surface area contributed by atoms with E-state index in [1.807, 2.05) is 26.0 Å². The predicted molar refractivity (Wildman–Crippen MR) is 76.6 cm³/mol. The Bertz CT molecular complexity index is 606. The van der Waals surface area contributed by atoms with E-state index in [1.54, 1.807) is 18.2 Å². The van der Waals surface area contributed by atoms with Crippen LogP contribution in [-0.2, 0) is 0 Å². The minimum atomic E-state index is -0.960. The molecule has 2 rings (SSSR count). The van der Waals surface area contributed by atoms with Crippen LogP contribution in [0.2, 0.25) is 0 Å². The number of carbonyl (C=O) groups is 1. The molecule has 2 N–H and O–H groups in total. The van der Waals surface area contributed by atoms with Gasteiger partial charge >= 0.3 is 5.97 Å². The Morgan fingerprint density at radius 1 is 1.37 bits per heavy atom.